The number of nitrogens with zero attached hydrogens (tertiary/aromatic N) is 1. The van der Waals surface area contributed by atoms with Crippen LogP contribution in [0.15, 0.2) is 73.1 Å². The molecule has 4 aromatic rings. The molecule has 3 aromatic carbocycles. The molecule has 1 aliphatic carbocycles. The molecule has 1 aliphatic rings. The summed E-state index contributed by atoms with van der Waals surface area (Å²) in [5.41, 5.74) is 3.27. The van der Waals surface area contributed by atoms with Crippen LogP contribution in [0.2, 0.25) is 0 Å². The number of allylic oxidation sites excluding steroid dienone is 1. The summed E-state index contributed by atoms with van der Waals surface area (Å²) in [5, 5.41) is 7.37. The minimum Gasteiger partial charge on any atom is -0.410 e. The predicted molar refractivity (Wildman–Crippen MR) is 108 cm³/mol. The van der Waals surface area contributed by atoms with E-state index in [-0.39, 0.29) is 0 Å². The zero-order chi connectivity index (χ0) is 18.2. The molecule has 4 nitrogen and oxygen atoms in total. The lowest BCUT2D eigenvalue weighted by molar-refractivity contribution is 0.215. The van der Waals surface area contributed by atoms with Gasteiger partial charge in [0, 0.05) is 6.20 Å². The summed E-state index contributed by atoms with van der Waals surface area (Å²) in [6.45, 7) is 0. The molecule has 0 radical (unpaired) electrons. The largest absolute Gasteiger partial charge is 0.417 e. The number of ether oxygens (including phenoxy) is 1. The SMILES string of the molecule is O=C(Nc1cccnc1)Oc1ccc2c(ccc3c4c(ccc32)C=CC4)c1. The van der Waals surface area contributed by atoms with Gasteiger partial charge >= 0.3 is 6.09 Å². The van der Waals surface area contributed by atoms with E-state index in [2.05, 4.69) is 46.7 Å². The highest BCUT2D eigenvalue weighted by atomic mass is 16.6. The Morgan fingerprint density at radius 3 is 2.78 bits per heavy atom. The number of hydrogen-bond donors (Lipinski definition) is 1. The number of carbonyl (C=O) groups is 1. The third kappa shape index (κ3) is 2.81. The van der Waals surface area contributed by atoms with Crippen LogP contribution in [0.4, 0.5) is 10.5 Å². The summed E-state index contributed by atoms with van der Waals surface area (Å²) in [7, 11) is 0. The fraction of sp³-hybridized carbons (Fsp3) is 0.0435. The highest BCUT2D eigenvalue weighted by Gasteiger charge is 2.12. The van der Waals surface area contributed by atoms with Crippen LogP contribution in [0.5, 0.6) is 5.75 Å². The maximum atomic E-state index is 12.1. The van der Waals surface area contributed by atoms with Crippen molar-refractivity contribution in [2.45, 2.75) is 6.42 Å². The van der Waals surface area contributed by atoms with Gasteiger partial charge in [-0.1, -0.05) is 42.5 Å². The third-order valence-electron chi connectivity index (χ3n) is 4.87. The van der Waals surface area contributed by atoms with Crippen molar-refractivity contribution < 1.29 is 9.53 Å². The standard InChI is InChI=1S/C23H16N2O2/c26-23(25-17-4-2-12-24-14-17)27-18-8-11-20-16(13-18)7-10-21-19-5-1-3-15(19)6-9-22(20)21/h1-4,6-14H,5H2,(H,25,26). The molecular weight excluding hydrogens is 336 g/mol. The normalized spacial score (nSPS) is 12.3. The Morgan fingerprint density at radius 2 is 1.89 bits per heavy atom. The Kier molecular flexibility index (Phi) is 3.61. The molecule has 1 N–H and O–H groups in total. The lowest BCUT2D eigenvalue weighted by Gasteiger charge is -2.11. The average Bonchev–Trinajstić information content (AvgIpc) is 3.17. The number of pyridine rings is 1. The first kappa shape index (κ1) is 15.6. The van der Waals surface area contributed by atoms with Crippen molar-refractivity contribution in [1.29, 1.82) is 0 Å². The average molecular weight is 352 g/mol. The van der Waals surface area contributed by atoms with Crippen LogP contribution in [0.1, 0.15) is 11.1 Å². The van der Waals surface area contributed by atoms with Crippen LogP contribution in [0.25, 0.3) is 27.6 Å². The third-order valence-corrected chi connectivity index (χ3v) is 4.87. The van der Waals surface area contributed by atoms with E-state index in [1.165, 1.54) is 21.9 Å². The number of benzene rings is 3. The molecule has 0 saturated carbocycles. The quantitative estimate of drug-likeness (QED) is 0.480. The van der Waals surface area contributed by atoms with Gasteiger partial charge in [0.2, 0.25) is 0 Å². The molecule has 0 unspecified atom stereocenters. The molecule has 1 aromatic heterocycles. The summed E-state index contributed by atoms with van der Waals surface area (Å²) in [5.74, 6) is 0.506. The van der Waals surface area contributed by atoms with Crippen molar-refractivity contribution in [2.24, 2.45) is 0 Å². The van der Waals surface area contributed by atoms with Crippen LogP contribution >= 0.6 is 0 Å². The van der Waals surface area contributed by atoms with Crippen molar-refractivity contribution >= 4 is 39.4 Å². The van der Waals surface area contributed by atoms with Gasteiger partial charge in [-0.3, -0.25) is 10.3 Å². The lowest BCUT2D eigenvalue weighted by Crippen LogP contribution is -2.16. The molecule has 0 atom stereocenters. The first-order valence-corrected chi connectivity index (χ1v) is 8.82. The number of aromatic nitrogens is 1. The topological polar surface area (TPSA) is 51.2 Å². The maximum Gasteiger partial charge on any atom is 0.417 e. The van der Waals surface area contributed by atoms with Gasteiger partial charge in [0.15, 0.2) is 0 Å². The number of nitrogens with one attached hydrogen (secondary N) is 1. The number of rotatable bonds is 2. The molecule has 0 fully saturated rings. The fourth-order valence-electron chi connectivity index (χ4n) is 3.64. The summed E-state index contributed by atoms with van der Waals surface area (Å²) in [6, 6.07) is 17.8. The molecule has 0 aliphatic heterocycles. The molecule has 0 spiro atoms. The number of fused-ring (bicyclic) bond motifs is 5. The van der Waals surface area contributed by atoms with Crippen molar-refractivity contribution in [2.75, 3.05) is 5.32 Å². The molecule has 1 heterocycles. The monoisotopic (exact) mass is 352 g/mol. The van der Waals surface area contributed by atoms with E-state index in [4.69, 9.17) is 4.74 Å². The van der Waals surface area contributed by atoms with Gasteiger partial charge in [0.05, 0.1) is 11.9 Å². The summed E-state index contributed by atoms with van der Waals surface area (Å²) >= 11 is 0. The molecule has 0 saturated heterocycles. The Hall–Kier alpha value is -3.66. The fourth-order valence-corrected chi connectivity index (χ4v) is 3.64. The van der Waals surface area contributed by atoms with E-state index in [9.17, 15) is 4.79 Å². The van der Waals surface area contributed by atoms with Crippen LogP contribution in [0.3, 0.4) is 0 Å². The van der Waals surface area contributed by atoms with E-state index in [0.717, 1.165) is 17.2 Å². The van der Waals surface area contributed by atoms with Crippen molar-refractivity contribution in [3.05, 3.63) is 84.2 Å². The van der Waals surface area contributed by atoms with Crippen LogP contribution in [-0.2, 0) is 6.42 Å². The zero-order valence-corrected chi connectivity index (χ0v) is 14.5. The van der Waals surface area contributed by atoms with Gasteiger partial charge in [0.25, 0.3) is 0 Å². The Morgan fingerprint density at radius 1 is 1.00 bits per heavy atom. The van der Waals surface area contributed by atoms with E-state index < -0.39 is 6.09 Å². The summed E-state index contributed by atoms with van der Waals surface area (Å²) < 4.78 is 5.42. The minimum absolute atomic E-state index is 0.506. The number of anilines is 1. The number of hydrogen-bond acceptors (Lipinski definition) is 3. The minimum atomic E-state index is -0.535. The van der Waals surface area contributed by atoms with Crippen molar-refractivity contribution in [3.63, 3.8) is 0 Å². The van der Waals surface area contributed by atoms with Gasteiger partial charge in [-0.15, -0.1) is 0 Å². The van der Waals surface area contributed by atoms with Gasteiger partial charge in [-0.2, -0.15) is 0 Å². The van der Waals surface area contributed by atoms with E-state index in [0.29, 0.717) is 11.4 Å². The lowest BCUT2D eigenvalue weighted by atomic mass is 9.96. The zero-order valence-electron chi connectivity index (χ0n) is 14.5. The highest BCUT2D eigenvalue weighted by molar-refractivity contribution is 6.10. The predicted octanol–water partition coefficient (Wildman–Crippen LogP) is 5.57. The molecule has 5 rings (SSSR count). The molecule has 4 heteroatoms. The maximum absolute atomic E-state index is 12.1. The second-order valence-electron chi connectivity index (χ2n) is 6.54. The van der Waals surface area contributed by atoms with Crippen LogP contribution < -0.4 is 10.1 Å². The first-order chi connectivity index (χ1) is 13.3. The van der Waals surface area contributed by atoms with Crippen LogP contribution in [-0.4, -0.2) is 11.1 Å². The number of carbonyl (C=O) groups excluding carboxylic acids is 1. The first-order valence-electron chi connectivity index (χ1n) is 8.82. The van der Waals surface area contributed by atoms with E-state index in [1.54, 1.807) is 24.5 Å². The highest BCUT2D eigenvalue weighted by Crippen LogP contribution is 2.34. The Labute approximate surface area is 156 Å². The van der Waals surface area contributed by atoms with E-state index >= 15 is 0 Å². The Balaban J connectivity index is 1.46. The second-order valence-corrected chi connectivity index (χ2v) is 6.54. The summed E-state index contributed by atoms with van der Waals surface area (Å²) in [6.07, 6.45) is 8.04. The molecular formula is C23H16N2O2. The van der Waals surface area contributed by atoms with Gasteiger partial charge in [0.1, 0.15) is 5.75 Å². The molecule has 27 heavy (non-hydrogen) atoms. The van der Waals surface area contributed by atoms with Gasteiger partial charge in [-0.05, 0) is 63.4 Å². The van der Waals surface area contributed by atoms with Crippen LogP contribution in [0, 0.1) is 0 Å². The van der Waals surface area contributed by atoms with E-state index in [1.807, 2.05) is 18.2 Å². The molecule has 130 valence electrons. The van der Waals surface area contributed by atoms with Gasteiger partial charge in [-0.25, -0.2) is 4.79 Å². The second kappa shape index (κ2) is 6.25. The smallest absolute Gasteiger partial charge is 0.410 e. The van der Waals surface area contributed by atoms with Gasteiger partial charge < -0.3 is 4.74 Å². The van der Waals surface area contributed by atoms with Crippen molar-refractivity contribution in [3.8, 4) is 5.75 Å². The molecule has 1 amide bonds. The number of amides is 1. The molecule has 0 bridgehead atoms. The Bertz CT molecular complexity index is 1210. The van der Waals surface area contributed by atoms with Crippen molar-refractivity contribution in [1.82, 2.24) is 4.98 Å². The summed E-state index contributed by atoms with van der Waals surface area (Å²) in [4.78, 5) is 16.1.